The highest BCUT2D eigenvalue weighted by Gasteiger charge is 2.43. The van der Waals surface area contributed by atoms with E-state index in [9.17, 15) is 19.7 Å². The van der Waals surface area contributed by atoms with Gasteiger partial charge in [-0.25, -0.2) is 9.59 Å². The Morgan fingerprint density at radius 1 is 1.29 bits per heavy atom. The number of nitrogens with one attached hydrogen (secondary N) is 1. The van der Waals surface area contributed by atoms with Crippen LogP contribution in [-0.4, -0.2) is 55.2 Å². The molecule has 0 spiro atoms. The molecular formula is C25H35N4O5+. The number of anilines is 1. The van der Waals surface area contributed by atoms with E-state index < -0.39 is 10.2 Å². The highest BCUT2D eigenvalue weighted by atomic mass is 16.6. The number of nitroso groups, excluding NO2 is 1. The SMILES string of the molecule is CC(C)(C)OC(=O)NCC1CC=C(c2ccc3c(c2)[N+](C)([O-])CN3C2CCC(=O)[N+](=O)C2)CC1. The molecule has 9 heteroatoms. The third-order valence-electron chi connectivity index (χ3n) is 6.83. The Balaban J connectivity index is 1.42. The lowest BCUT2D eigenvalue weighted by atomic mass is 9.86. The number of rotatable bonds is 4. The summed E-state index contributed by atoms with van der Waals surface area (Å²) < 4.78 is 5.31. The number of alkyl carbamates (subject to hydrolysis) is 1. The van der Waals surface area contributed by atoms with Gasteiger partial charge >= 0.3 is 12.0 Å². The van der Waals surface area contributed by atoms with Crippen LogP contribution in [0.2, 0.25) is 0 Å². The molecule has 2 heterocycles. The second-order valence-electron chi connectivity index (χ2n) is 10.8. The largest absolute Gasteiger partial charge is 0.626 e. The first-order valence-electron chi connectivity index (χ1n) is 12.0. The number of carbonyl (C=O) groups is 2. The summed E-state index contributed by atoms with van der Waals surface area (Å²) in [4.78, 5) is 37.4. The molecular weight excluding hydrogens is 436 g/mol. The van der Waals surface area contributed by atoms with Gasteiger partial charge < -0.3 is 24.8 Å². The molecule has 2 aliphatic heterocycles. The summed E-state index contributed by atoms with van der Waals surface area (Å²) in [5.41, 5.74) is 3.29. The van der Waals surface area contributed by atoms with Crippen molar-refractivity contribution in [3.05, 3.63) is 40.0 Å². The van der Waals surface area contributed by atoms with E-state index in [0.29, 0.717) is 29.3 Å². The standard InChI is InChI=1S/C25H34N4O5/c1-25(2,3)34-24(31)26-14-17-5-7-18(8-6-17)19-9-11-21-22(13-19)29(4,33)16-27(21)20-10-12-23(30)28(32)15-20/h7,9,11,13,17,20H,5-6,8,10,12,14-16H2,1-4H3/p+1. The lowest BCUT2D eigenvalue weighted by Gasteiger charge is -2.35. The Hall–Kier alpha value is -2.78. The molecule has 184 valence electrons. The number of quaternary nitrogens is 1. The van der Waals surface area contributed by atoms with Gasteiger partial charge in [0.1, 0.15) is 11.3 Å². The predicted octanol–water partition coefficient (Wildman–Crippen LogP) is 4.08. The fraction of sp³-hybridized carbons (Fsp3) is 0.600. The molecule has 4 rings (SSSR count). The van der Waals surface area contributed by atoms with Gasteiger partial charge in [0, 0.05) is 17.5 Å². The van der Waals surface area contributed by atoms with Gasteiger partial charge in [0.25, 0.3) is 0 Å². The van der Waals surface area contributed by atoms with E-state index in [0.717, 1.165) is 30.5 Å². The molecule has 34 heavy (non-hydrogen) atoms. The van der Waals surface area contributed by atoms with Crippen LogP contribution < -0.4 is 14.9 Å². The minimum absolute atomic E-state index is 0.101. The van der Waals surface area contributed by atoms with Gasteiger partial charge in [-0.15, -0.1) is 0 Å². The van der Waals surface area contributed by atoms with Crippen molar-refractivity contribution in [2.24, 2.45) is 5.92 Å². The zero-order valence-corrected chi connectivity index (χ0v) is 20.5. The Labute approximate surface area is 200 Å². The number of piperidine rings is 1. The van der Waals surface area contributed by atoms with Crippen molar-refractivity contribution < 1.29 is 19.1 Å². The van der Waals surface area contributed by atoms with Crippen LogP contribution in [0, 0.1) is 16.0 Å². The third kappa shape index (κ3) is 5.31. The summed E-state index contributed by atoms with van der Waals surface area (Å²) in [5.74, 6) is -0.0278. The monoisotopic (exact) mass is 471 g/mol. The Morgan fingerprint density at radius 3 is 2.71 bits per heavy atom. The number of hydrogen-bond acceptors (Lipinski definition) is 6. The molecule has 1 fully saturated rings. The maximum atomic E-state index is 13.3. The van der Waals surface area contributed by atoms with Crippen LogP contribution in [0.25, 0.3) is 5.57 Å². The van der Waals surface area contributed by atoms with Gasteiger partial charge in [-0.2, -0.15) is 0 Å². The van der Waals surface area contributed by atoms with Crippen LogP contribution in [0.4, 0.5) is 16.2 Å². The molecule has 1 N–H and O–H groups in total. The molecule has 0 bridgehead atoms. The summed E-state index contributed by atoms with van der Waals surface area (Å²) in [6, 6.07) is 5.87. The summed E-state index contributed by atoms with van der Waals surface area (Å²) in [6.45, 7) is 6.45. The molecule has 1 aromatic carbocycles. The third-order valence-corrected chi connectivity index (χ3v) is 6.83. The lowest BCUT2D eigenvalue weighted by Crippen LogP contribution is -2.50. The summed E-state index contributed by atoms with van der Waals surface area (Å²) in [6.07, 6.45) is 5.30. The molecule has 3 aliphatic rings. The van der Waals surface area contributed by atoms with Crippen LogP contribution in [0.1, 0.15) is 58.4 Å². The molecule has 0 saturated carbocycles. The first kappa shape index (κ1) is 24.3. The number of hydrogen-bond donors (Lipinski definition) is 1. The van der Waals surface area contributed by atoms with Gasteiger partial charge in [-0.1, -0.05) is 12.1 Å². The first-order valence-corrected chi connectivity index (χ1v) is 12.0. The van der Waals surface area contributed by atoms with Crippen molar-refractivity contribution in [2.75, 3.05) is 31.7 Å². The molecule has 3 atom stereocenters. The molecule has 1 saturated heterocycles. The Kier molecular flexibility index (Phi) is 6.52. The second-order valence-corrected chi connectivity index (χ2v) is 10.8. The van der Waals surface area contributed by atoms with E-state index >= 15 is 0 Å². The zero-order valence-electron chi connectivity index (χ0n) is 20.5. The normalized spacial score (nSPS) is 27.3. The Bertz CT molecular complexity index is 1030. The highest BCUT2D eigenvalue weighted by Crippen LogP contribution is 2.44. The van der Waals surface area contributed by atoms with Gasteiger partial charge in [0.05, 0.1) is 24.3 Å². The van der Waals surface area contributed by atoms with Crippen molar-refractivity contribution in [3.63, 3.8) is 0 Å². The average molecular weight is 472 g/mol. The molecule has 1 aromatic rings. The van der Waals surface area contributed by atoms with Crippen LogP contribution in [0.3, 0.4) is 0 Å². The minimum Gasteiger partial charge on any atom is -0.626 e. The van der Waals surface area contributed by atoms with E-state index in [2.05, 4.69) is 11.4 Å². The number of allylic oxidation sites excluding steroid dienone is 2. The van der Waals surface area contributed by atoms with Crippen molar-refractivity contribution in [1.29, 1.82) is 0 Å². The van der Waals surface area contributed by atoms with Gasteiger partial charge in [0.2, 0.25) is 6.54 Å². The van der Waals surface area contributed by atoms with E-state index in [4.69, 9.17) is 4.74 Å². The molecule has 1 aliphatic carbocycles. The quantitative estimate of drug-likeness (QED) is 0.403. The van der Waals surface area contributed by atoms with Crippen molar-refractivity contribution in [2.45, 2.75) is 64.5 Å². The molecule has 3 unspecified atom stereocenters. The van der Waals surface area contributed by atoms with Crippen LogP contribution >= 0.6 is 0 Å². The Morgan fingerprint density at radius 2 is 2.06 bits per heavy atom. The number of benzene rings is 1. The predicted molar refractivity (Wildman–Crippen MR) is 131 cm³/mol. The van der Waals surface area contributed by atoms with E-state index in [1.54, 1.807) is 7.05 Å². The highest BCUT2D eigenvalue weighted by molar-refractivity contribution is 5.80. The molecule has 0 aromatic heterocycles. The number of hydroxylamine groups is 2. The average Bonchev–Trinajstić information content (AvgIpc) is 3.04. The van der Waals surface area contributed by atoms with Crippen LogP contribution in [0.15, 0.2) is 24.3 Å². The molecule has 0 radical (unpaired) electrons. The van der Waals surface area contributed by atoms with Crippen LogP contribution in [0.5, 0.6) is 0 Å². The van der Waals surface area contributed by atoms with Gasteiger partial charge in [0.15, 0.2) is 12.4 Å². The van der Waals surface area contributed by atoms with E-state index in [1.165, 1.54) is 5.57 Å². The molecule has 9 nitrogen and oxygen atoms in total. The fourth-order valence-electron chi connectivity index (χ4n) is 5.03. The second kappa shape index (κ2) is 9.11. The van der Waals surface area contributed by atoms with E-state index in [-0.39, 0.29) is 37.7 Å². The maximum absolute atomic E-state index is 13.3. The number of amides is 2. The summed E-state index contributed by atoms with van der Waals surface area (Å²) >= 11 is 0. The molecule has 2 amide bonds. The summed E-state index contributed by atoms with van der Waals surface area (Å²) in [5, 5.41) is 16.2. The van der Waals surface area contributed by atoms with Crippen molar-refractivity contribution in [1.82, 2.24) is 9.96 Å². The van der Waals surface area contributed by atoms with E-state index in [1.807, 2.05) is 43.9 Å². The van der Waals surface area contributed by atoms with Gasteiger partial charge in [-0.3, -0.25) is 0 Å². The van der Waals surface area contributed by atoms with Gasteiger partial charge in [-0.05, 0) is 69.6 Å². The number of ether oxygens (including phenoxy) is 1. The first-order chi connectivity index (χ1) is 15.9. The number of nitrogens with zero attached hydrogens (tertiary/aromatic N) is 3. The van der Waals surface area contributed by atoms with Crippen LogP contribution in [-0.2, 0) is 9.53 Å². The zero-order chi connectivity index (χ0) is 24.7. The van der Waals surface area contributed by atoms with Crippen molar-refractivity contribution >= 4 is 28.9 Å². The number of fused-ring (bicyclic) bond motifs is 1. The fourth-order valence-corrected chi connectivity index (χ4v) is 5.03. The number of carbonyl (C=O) groups excluding carboxylic acids is 2. The lowest BCUT2D eigenvalue weighted by molar-refractivity contribution is -0.478. The van der Waals surface area contributed by atoms with Crippen molar-refractivity contribution in [3.8, 4) is 0 Å². The summed E-state index contributed by atoms with van der Waals surface area (Å²) in [7, 11) is 1.64. The smallest absolute Gasteiger partial charge is 0.433 e. The minimum atomic E-state index is -0.526. The topological polar surface area (TPSA) is 102 Å². The maximum Gasteiger partial charge on any atom is 0.433 e.